The van der Waals surface area contributed by atoms with Crippen LogP contribution in [0.2, 0.25) is 0 Å². The van der Waals surface area contributed by atoms with E-state index < -0.39 is 6.61 Å². The molecular weight excluding hydrogens is 374 g/mol. The van der Waals surface area contributed by atoms with E-state index in [0.29, 0.717) is 35.4 Å². The molecule has 0 atom stereocenters. The number of guanidine groups is 1. The van der Waals surface area contributed by atoms with Gasteiger partial charge < -0.3 is 29.6 Å². The van der Waals surface area contributed by atoms with Gasteiger partial charge in [0.05, 0.1) is 7.11 Å². The van der Waals surface area contributed by atoms with Crippen LogP contribution in [-0.2, 0) is 13.1 Å². The predicted molar refractivity (Wildman–Crippen MR) is 97.0 cm³/mol. The summed E-state index contributed by atoms with van der Waals surface area (Å²) < 4.78 is 45.6. The Kier molecular flexibility index (Phi) is 6.30. The second-order valence-electron chi connectivity index (χ2n) is 5.68. The van der Waals surface area contributed by atoms with E-state index in [2.05, 4.69) is 25.3 Å². The number of nitrogens with one attached hydrogen (secondary N) is 2. The van der Waals surface area contributed by atoms with E-state index in [1.165, 1.54) is 6.07 Å². The second kappa shape index (κ2) is 9.07. The zero-order valence-corrected chi connectivity index (χ0v) is 15.4. The Hall–Kier alpha value is -3.30. The number of hydrogen-bond donors (Lipinski definition) is 2. The third-order valence-corrected chi connectivity index (χ3v) is 3.91. The van der Waals surface area contributed by atoms with E-state index in [4.69, 9.17) is 14.2 Å². The summed E-state index contributed by atoms with van der Waals surface area (Å²) in [5, 5.41) is 6.18. The zero-order valence-electron chi connectivity index (χ0n) is 15.4. The minimum absolute atomic E-state index is 0.0153. The maximum Gasteiger partial charge on any atom is 0.387 e. The number of hydrogen-bond acceptors (Lipinski definition) is 6. The number of halogens is 2. The van der Waals surface area contributed by atoms with E-state index in [0.717, 1.165) is 5.56 Å². The maximum atomic E-state index is 12.7. The van der Waals surface area contributed by atoms with E-state index in [-0.39, 0.29) is 19.1 Å². The molecule has 3 rings (SSSR count). The summed E-state index contributed by atoms with van der Waals surface area (Å²) in [6.45, 7) is -2.24. The molecule has 150 valence electrons. The zero-order chi connectivity index (χ0) is 19.9. The summed E-state index contributed by atoms with van der Waals surface area (Å²) in [6, 6.07) is 6.63. The number of nitrogens with zero attached hydrogens (tertiary/aromatic N) is 2. The number of aliphatic imine (C=N–C) groups is 1. The van der Waals surface area contributed by atoms with Crippen LogP contribution in [0.1, 0.15) is 11.1 Å². The first-order valence-electron chi connectivity index (χ1n) is 8.40. The van der Waals surface area contributed by atoms with Crippen LogP contribution >= 0.6 is 0 Å². The summed E-state index contributed by atoms with van der Waals surface area (Å²) >= 11 is 0. The number of fused-ring (bicyclic) bond motifs is 1. The molecule has 0 saturated carbocycles. The maximum absolute atomic E-state index is 12.7. The Morgan fingerprint density at radius 3 is 2.61 bits per heavy atom. The van der Waals surface area contributed by atoms with Crippen molar-refractivity contribution >= 4 is 5.96 Å². The molecule has 0 spiro atoms. The van der Waals surface area contributed by atoms with Gasteiger partial charge in [-0.1, -0.05) is 6.07 Å². The molecular formula is C18H20F2N4O4. The predicted octanol–water partition coefficient (Wildman–Crippen LogP) is 2.29. The van der Waals surface area contributed by atoms with Crippen LogP contribution in [0.3, 0.4) is 0 Å². The van der Waals surface area contributed by atoms with Gasteiger partial charge in [-0.25, -0.2) is 4.98 Å². The van der Waals surface area contributed by atoms with Gasteiger partial charge in [0, 0.05) is 44.0 Å². The van der Waals surface area contributed by atoms with E-state index in [9.17, 15) is 8.78 Å². The van der Waals surface area contributed by atoms with Gasteiger partial charge in [0.1, 0.15) is 5.75 Å². The lowest BCUT2D eigenvalue weighted by atomic mass is 10.1. The lowest BCUT2D eigenvalue weighted by Gasteiger charge is -2.15. The lowest BCUT2D eigenvalue weighted by molar-refractivity contribution is -0.0505. The molecule has 1 aromatic heterocycles. The van der Waals surface area contributed by atoms with Gasteiger partial charge in [0.25, 0.3) is 0 Å². The van der Waals surface area contributed by atoms with Crippen LogP contribution in [-0.4, -0.2) is 38.5 Å². The van der Waals surface area contributed by atoms with Gasteiger partial charge in [0.15, 0.2) is 17.5 Å². The fraction of sp³-hybridized carbons (Fsp3) is 0.333. The van der Waals surface area contributed by atoms with Gasteiger partial charge in [-0.15, -0.1) is 0 Å². The summed E-state index contributed by atoms with van der Waals surface area (Å²) in [4.78, 5) is 8.25. The number of methoxy groups -OCH3 is 1. The molecule has 0 bridgehead atoms. The van der Waals surface area contributed by atoms with Crippen LogP contribution in [0, 0.1) is 0 Å². The van der Waals surface area contributed by atoms with E-state index in [1.807, 2.05) is 6.07 Å². The van der Waals surface area contributed by atoms with Gasteiger partial charge in [0.2, 0.25) is 12.7 Å². The molecule has 1 aliphatic rings. The van der Waals surface area contributed by atoms with Crippen LogP contribution in [0.25, 0.3) is 0 Å². The van der Waals surface area contributed by atoms with E-state index >= 15 is 0 Å². The van der Waals surface area contributed by atoms with Gasteiger partial charge in [-0.3, -0.25) is 4.99 Å². The third kappa shape index (κ3) is 4.90. The number of alkyl halides is 2. The van der Waals surface area contributed by atoms with Crippen LogP contribution in [0.4, 0.5) is 8.78 Å². The van der Waals surface area contributed by atoms with Crippen molar-refractivity contribution < 1.29 is 27.7 Å². The Bertz CT molecular complexity index is 831. The van der Waals surface area contributed by atoms with Crippen molar-refractivity contribution in [2.45, 2.75) is 19.7 Å². The van der Waals surface area contributed by atoms with Gasteiger partial charge in [-0.05, 0) is 11.6 Å². The minimum atomic E-state index is -2.95. The molecule has 2 N–H and O–H groups in total. The Balaban J connectivity index is 1.62. The Labute approximate surface area is 160 Å². The van der Waals surface area contributed by atoms with Crippen LogP contribution in [0.15, 0.2) is 35.5 Å². The van der Waals surface area contributed by atoms with Crippen molar-refractivity contribution in [3.8, 4) is 23.1 Å². The average Bonchev–Trinajstić information content (AvgIpc) is 3.15. The summed E-state index contributed by atoms with van der Waals surface area (Å²) in [6.07, 6.45) is 1.69. The number of aromatic nitrogens is 1. The summed E-state index contributed by atoms with van der Waals surface area (Å²) in [5.74, 6) is 1.87. The molecule has 1 aliphatic heterocycles. The van der Waals surface area contributed by atoms with Crippen molar-refractivity contribution in [2.24, 2.45) is 4.99 Å². The topological polar surface area (TPSA) is 86.2 Å². The molecule has 0 fully saturated rings. The molecule has 8 nitrogen and oxygen atoms in total. The number of ether oxygens (including phenoxy) is 4. The van der Waals surface area contributed by atoms with Crippen molar-refractivity contribution in [2.75, 3.05) is 21.0 Å². The second-order valence-corrected chi connectivity index (χ2v) is 5.68. The quantitative estimate of drug-likeness (QED) is 0.550. The van der Waals surface area contributed by atoms with Crippen molar-refractivity contribution in [3.05, 3.63) is 41.6 Å². The van der Waals surface area contributed by atoms with Crippen molar-refractivity contribution in [3.63, 3.8) is 0 Å². The van der Waals surface area contributed by atoms with Gasteiger partial charge in [-0.2, -0.15) is 8.78 Å². The molecule has 2 heterocycles. The minimum Gasteiger partial charge on any atom is -0.481 e. The van der Waals surface area contributed by atoms with E-state index in [1.54, 1.807) is 32.5 Å². The SMILES string of the molecule is CN=C(NCc1ccc(OC)nc1)NCc1cc2c(cc1OC(F)F)OCO2. The van der Waals surface area contributed by atoms with Crippen molar-refractivity contribution in [1.82, 2.24) is 15.6 Å². The van der Waals surface area contributed by atoms with Crippen molar-refractivity contribution in [1.29, 1.82) is 0 Å². The molecule has 0 amide bonds. The molecule has 28 heavy (non-hydrogen) atoms. The molecule has 2 aromatic rings. The third-order valence-electron chi connectivity index (χ3n) is 3.91. The largest absolute Gasteiger partial charge is 0.481 e. The smallest absolute Gasteiger partial charge is 0.387 e. The Morgan fingerprint density at radius 1 is 1.21 bits per heavy atom. The molecule has 0 radical (unpaired) electrons. The fourth-order valence-electron chi connectivity index (χ4n) is 2.53. The molecule has 0 saturated heterocycles. The first kappa shape index (κ1) is 19.5. The number of rotatable bonds is 7. The first-order valence-corrected chi connectivity index (χ1v) is 8.40. The molecule has 1 aromatic carbocycles. The van der Waals surface area contributed by atoms with Crippen LogP contribution in [0.5, 0.6) is 23.1 Å². The highest BCUT2D eigenvalue weighted by molar-refractivity contribution is 5.79. The number of benzene rings is 1. The molecule has 0 aliphatic carbocycles. The van der Waals surface area contributed by atoms with Crippen LogP contribution < -0.4 is 29.6 Å². The monoisotopic (exact) mass is 394 g/mol. The highest BCUT2D eigenvalue weighted by Crippen LogP contribution is 2.38. The molecule has 10 heteroatoms. The highest BCUT2D eigenvalue weighted by atomic mass is 19.3. The Morgan fingerprint density at radius 2 is 1.96 bits per heavy atom. The fourth-order valence-corrected chi connectivity index (χ4v) is 2.53. The normalized spacial score (nSPS) is 12.8. The first-order chi connectivity index (χ1) is 13.6. The molecule has 0 unspecified atom stereocenters. The summed E-state index contributed by atoms with van der Waals surface area (Å²) in [5.41, 5.74) is 1.41. The summed E-state index contributed by atoms with van der Waals surface area (Å²) in [7, 11) is 3.16. The average molecular weight is 394 g/mol. The highest BCUT2D eigenvalue weighted by Gasteiger charge is 2.20. The standard InChI is InChI=1S/C18H20F2N4O4/c1-21-18(23-8-11-3-4-16(25-2)22-7-11)24-9-12-5-14-15(27-10-26-14)6-13(12)28-17(19)20/h3-7,17H,8-10H2,1-2H3,(H2,21,23,24). The lowest BCUT2D eigenvalue weighted by Crippen LogP contribution is -2.36. The van der Waals surface area contributed by atoms with Gasteiger partial charge >= 0.3 is 6.61 Å². The number of pyridine rings is 1.